The van der Waals surface area contributed by atoms with Crippen LogP contribution in [-0.4, -0.2) is 37.2 Å². The smallest absolute Gasteiger partial charge is 0.306 e. The maximum absolute atomic E-state index is 12.7. The molecule has 61 heavy (non-hydrogen) atoms. The van der Waals surface area contributed by atoms with Crippen molar-refractivity contribution in [2.45, 2.75) is 304 Å². The molecule has 0 saturated carbocycles. The van der Waals surface area contributed by atoms with E-state index in [1.54, 1.807) is 0 Å². The van der Waals surface area contributed by atoms with Crippen LogP contribution in [0.25, 0.3) is 0 Å². The maximum atomic E-state index is 12.7. The van der Waals surface area contributed by atoms with Gasteiger partial charge in [0.2, 0.25) is 0 Å². The molecule has 0 aromatic rings. The second-order valence-corrected chi connectivity index (χ2v) is 20.1. The van der Waals surface area contributed by atoms with Gasteiger partial charge in [0.15, 0.2) is 6.10 Å². The molecular weight excluding hydrogens is 757 g/mol. The molecule has 0 saturated heterocycles. The molecule has 2 atom stereocenters. The Labute approximate surface area is 380 Å². The minimum Gasteiger partial charge on any atom is -0.462 e. The van der Waals surface area contributed by atoms with Crippen LogP contribution in [-0.2, 0) is 28.6 Å². The number of hydrogen-bond acceptors (Lipinski definition) is 6. The summed E-state index contributed by atoms with van der Waals surface area (Å²) in [5.74, 6) is 1.63. The summed E-state index contributed by atoms with van der Waals surface area (Å²) in [4.78, 5) is 37.9. The summed E-state index contributed by atoms with van der Waals surface area (Å²) in [5, 5.41) is 0. The molecule has 0 aliphatic heterocycles. The zero-order valence-electron chi connectivity index (χ0n) is 42.0. The first-order valence-electron chi connectivity index (χ1n) is 27.1. The number of hydrogen-bond donors (Lipinski definition) is 0. The van der Waals surface area contributed by atoms with Gasteiger partial charge in [-0.05, 0) is 37.0 Å². The van der Waals surface area contributed by atoms with Gasteiger partial charge in [-0.25, -0.2) is 0 Å². The van der Waals surface area contributed by atoms with Crippen LogP contribution in [0.1, 0.15) is 298 Å². The number of carbonyl (C=O) groups excluding carboxylic acids is 3. The van der Waals surface area contributed by atoms with Crippen molar-refractivity contribution in [3.8, 4) is 0 Å². The molecule has 6 heteroatoms. The number of ether oxygens (including phenoxy) is 3. The van der Waals surface area contributed by atoms with Gasteiger partial charge >= 0.3 is 17.9 Å². The molecule has 0 aromatic carbocycles. The molecule has 0 amide bonds. The predicted octanol–water partition coefficient (Wildman–Crippen LogP) is 17.6. The highest BCUT2D eigenvalue weighted by Gasteiger charge is 2.19. The van der Waals surface area contributed by atoms with Gasteiger partial charge in [-0.3, -0.25) is 14.4 Å². The first-order chi connectivity index (χ1) is 29.6. The van der Waals surface area contributed by atoms with Crippen molar-refractivity contribution in [3.05, 3.63) is 0 Å². The van der Waals surface area contributed by atoms with E-state index in [0.717, 1.165) is 75.5 Å². The third-order valence-corrected chi connectivity index (χ3v) is 12.8. The Kier molecular flexibility index (Phi) is 45.2. The van der Waals surface area contributed by atoms with Crippen LogP contribution < -0.4 is 0 Å². The van der Waals surface area contributed by atoms with Gasteiger partial charge in [0.1, 0.15) is 13.2 Å². The topological polar surface area (TPSA) is 78.9 Å². The Hall–Kier alpha value is -1.59. The third-order valence-electron chi connectivity index (χ3n) is 12.8. The predicted molar refractivity (Wildman–Crippen MR) is 261 cm³/mol. The van der Waals surface area contributed by atoms with Crippen molar-refractivity contribution in [2.24, 2.45) is 17.8 Å². The van der Waals surface area contributed by atoms with Gasteiger partial charge in [-0.1, -0.05) is 260 Å². The first kappa shape index (κ1) is 59.4. The Morgan fingerprint density at radius 3 is 0.852 bits per heavy atom. The lowest BCUT2D eigenvalue weighted by atomic mass is 9.99. The molecule has 0 bridgehead atoms. The van der Waals surface area contributed by atoms with Crippen molar-refractivity contribution in [1.82, 2.24) is 0 Å². The van der Waals surface area contributed by atoms with E-state index < -0.39 is 6.10 Å². The molecule has 0 heterocycles. The van der Waals surface area contributed by atoms with Gasteiger partial charge in [0.25, 0.3) is 0 Å². The lowest BCUT2D eigenvalue weighted by molar-refractivity contribution is -0.167. The summed E-state index contributed by atoms with van der Waals surface area (Å²) in [6, 6.07) is 0. The number of rotatable bonds is 48. The summed E-state index contributed by atoms with van der Waals surface area (Å²) in [7, 11) is 0. The summed E-state index contributed by atoms with van der Waals surface area (Å²) in [5.41, 5.74) is 0. The summed E-state index contributed by atoms with van der Waals surface area (Å²) < 4.78 is 16.8. The highest BCUT2D eigenvalue weighted by Crippen LogP contribution is 2.18. The fourth-order valence-electron chi connectivity index (χ4n) is 8.26. The Balaban J connectivity index is 4.19. The van der Waals surface area contributed by atoms with Crippen molar-refractivity contribution >= 4 is 17.9 Å². The quantitative estimate of drug-likeness (QED) is 0.0344. The van der Waals surface area contributed by atoms with Crippen molar-refractivity contribution in [2.75, 3.05) is 13.2 Å². The van der Waals surface area contributed by atoms with Crippen LogP contribution in [0.4, 0.5) is 0 Å². The summed E-state index contributed by atoms with van der Waals surface area (Å²) >= 11 is 0. The molecule has 6 nitrogen and oxygen atoms in total. The largest absolute Gasteiger partial charge is 0.462 e. The monoisotopic (exact) mass is 863 g/mol. The first-order valence-corrected chi connectivity index (χ1v) is 27.1. The highest BCUT2D eigenvalue weighted by molar-refractivity contribution is 5.71. The second kappa shape index (κ2) is 46.4. The zero-order chi connectivity index (χ0) is 44.9. The van der Waals surface area contributed by atoms with Gasteiger partial charge in [0, 0.05) is 19.3 Å². The van der Waals surface area contributed by atoms with Crippen molar-refractivity contribution in [3.63, 3.8) is 0 Å². The van der Waals surface area contributed by atoms with E-state index in [2.05, 4.69) is 41.5 Å². The average Bonchev–Trinajstić information content (AvgIpc) is 3.23. The van der Waals surface area contributed by atoms with Crippen LogP contribution in [0.2, 0.25) is 0 Å². The van der Waals surface area contributed by atoms with Gasteiger partial charge in [-0.15, -0.1) is 0 Å². The van der Waals surface area contributed by atoms with E-state index in [0.29, 0.717) is 19.3 Å². The van der Waals surface area contributed by atoms with Crippen molar-refractivity contribution < 1.29 is 28.6 Å². The standard InChI is InChI=1S/C55H106O6/c1-7-51(6)43-37-31-25-20-21-27-33-39-45-54(57)60-48-52(61-55(58)46-40-34-28-22-24-30-36-42-50(4)5)47-59-53(56)44-38-32-26-19-17-15-13-11-9-8-10-12-14-16-18-23-29-35-41-49(2)3/h49-52H,7-48H2,1-6H3/t51?,52-/m0/s1. The molecule has 0 fully saturated rings. The van der Waals surface area contributed by atoms with Crippen LogP contribution in [0.5, 0.6) is 0 Å². The van der Waals surface area contributed by atoms with E-state index in [-0.39, 0.29) is 31.1 Å². The lowest BCUT2D eigenvalue weighted by Crippen LogP contribution is -2.30. The summed E-state index contributed by atoms with van der Waals surface area (Å²) in [6.07, 6.45) is 46.8. The molecule has 0 spiro atoms. The van der Waals surface area contributed by atoms with E-state index in [4.69, 9.17) is 14.2 Å². The van der Waals surface area contributed by atoms with Crippen molar-refractivity contribution in [1.29, 1.82) is 0 Å². The molecule has 0 radical (unpaired) electrons. The van der Waals surface area contributed by atoms with Crippen LogP contribution >= 0.6 is 0 Å². The van der Waals surface area contributed by atoms with Crippen LogP contribution in [0.3, 0.4) is 0 Å². The molecule has 0 aromatic heterocycles. The second-order valence-electron chi connectivity index (χ2n) is 20.1. The number of esters is 3. The summed E-state index contributed by atoms with van der Waals surface area (Å²) in [6.45, 7) is 13.7. The van der Waals surface area contributed by atoms with Crippen LogP contribution in [0, 0.1) is 17.8 Å². The molecule has 0 aliphatic carbocycles. The van der Waals surface area contributed by atoms with Gasteiger partial charge < -0.3 is 14.2 Å². The SMILES string of the molecule is CCC(C)CCCCCCCCCCC(=O)OC[C@H](COC(=O)CCCCCCCCCCCCCCCCCCCCC(C)C)OC(=O)CCCCCCCCCC(C)C. The fourth-order valence-corrected chi connectivity index (χ4v) is 8.26. The minimum absolute atomic E-state index is 0.0652. The van der Waals surface area contributed by atoms with E-state index in [9.17, 15) is 14.4 Å². The average molecular weight is 863 g/mol. The number of unbranched alkanes of at least 4 members (excludes halogenated alkanes) is 30. The van der Waals surface area contributed by atoms with E-state index >= 15 is 0 Å². The zero-order valence-corrected chi connectivity index (χ0v) is 42.0. The third kappa shape index (κ3) is 47.7. The van der Waals surface area contributed by atoms with Gasteiger partial charge in [0.05, 0.1) is 0 Å². The van der Waals surface area contributed by atoms with E-state index in [1.165, 1.54) is 180 Å². The Morgan fingerprint density at radius 1 is 0.328 bits per heavy atom. The molecule has 0 aliphatic rings. The molecular formula is C55H106O6. The highest BCUT2D eigenvalue weighted by atomic mass is 16.6. The Morgan fingerprint density at radius 2 is 0.574 bits per heavy atom. The maximum Gasteiger partial charge on any atom is 0.306 e. The molecule has 0 N–H and O–H groups in total. The number of carbonyl (C=O) groups is 3. The fraction of sp³-hybridized carbons (Fsp3) is 0.945. The molecule has 0 rings (SSSR count). The lowest BCUT2D eigenvalue weighted by Gasteiger charge is -2.18. The minimum atomic E-state index is -0.763. The van der Waals surface area contributed by atoms with Crippen LogP contribution in [0.15, 0.2) is 0 Å². The molecule has 1 unspecified atom stereocenters. The Bertz CT molecular complexity index is 947. The molecule has 362 valence electrons. The normalized spacial score (nSPS) is 12.6. The van der Waals surface area contributed by atoms with Gasteiger partial charge in [-0.2, -0.15) is 0 Å². The van der Waals surface area contributed by atoms with E-state index in [1.807, 2.05) is 0 Å².